The van der Waals surface area contributed by atoms with Gasteiger partial charge in [-0.05, 0) is 40.5 Å². The maximum atomic E-state index is 13.7. The molecule has 0 spiro atoms. The van der Waals surface area contributed by atoms with Gasteiger partial charge in [-0.2, -0.15) is 0 Å². The van der Waals surface area contributed by atoms with Gasteiger partial charge in [0.15, 0.2) is 0 Å². The summed E-state index contributed by atoms with van der Waals surface area (Å²) in [5, 5.41) is 0. The number of benzene rings is 3. The topological polar surface area (TPSA) is 63.7 Å². The van der Waals surface area contributed by atoms with Crippen molar-refractivity contribution in [3.8, 4) is 0 Å². The van der Waals surface area contributed by atoms with Crippen LogP contribution >= 0.6 is 0 Å². The van der Waals surface area contributed by atoms with Crippen LogP contribution in [0.4, 0.5) is 5.69 Å². The third-order valence-electron chi connectivity index (χ3n) is 7.35. The fraction of sp³-hybridized carbons (Fsp3) is 0.167. The number of fused-ring (bicyclic) bond motifs is 5. The fourth-order valence-electron chi connectivity index (χ4n) is 5.95. The molecule has 35 heavy (non-hydrogen) atoms. The Balaban J connectivity index is 1.45. The first-order valence-corrected chi connectivity index (χ1v) is 11.7. The van der Waals surface area contributed by atoms with E-state index in [2.05, 4.69) is 36.4 Å². The van der Waals surface area contributed by atoms with Crippen molar-refractivity contribution in [2.24, 2.45) is 23.7 Å². The molecule has 1 heterocycles. The molecule has 6 rings (SSSR count). The molecule has 3 aromatic rings. The van der Waals surface area contributed by atoms with Crippen LogP contribution in [0.3, 0.4) is 0 Å². The number of methoxy groups -OCH3 is 1. The second-order valence-electron chi connectivity index (χ2n) is 9.10. The van der Waals surface area contributed by atoms with E-state index in [1.54, 1.807) is 24.3 Å². The number of ether oxygens (including phenoxy) is 1. The van der Waals surface area contributed by atoms with Crippen LogP contribution in [0.15, 0.2) is 103 Å². The standard InChI is InChI=1S/C30H23NO4/c1-35-30(34)20-13-8-14-21(17-20)31-28(32)26-22-15-16-23(27(26)29(31)33)25(22)24(18-9-4-2-5-10-18)19-11-6-3-7-12-19/h2-17,22-23,26-27H,1H3. The molecule has 1 saturated carbocycles. The molecule has 3 aromatic carbocycles. The van der Waals surface area contributed by atoms with E-state index in [-0.39, 0.29) is 23.7 Å². The highest BCUT2D eigenvalue weighted by molar-refractivity contribution is 6.23. The Hall–Kier alpha value is -4.25. The zero-order valence-electron chi connectivity index (χ0n) is 19.1. The SMILES string of the molecule is COC(=O)c1cccc(N2C(=O)C3C4C=CC(C4=C(c4ccccc4)c4ccccc4)C3C2=O)c1. The van der Waals surface area contributed by atoms with Crippen molar-refractivity contribution in [2.75, 3.05) is 12.0 Å². The summed E-state index contributed by atoms with van der Waals surface area (Å²) in [6, 6.07) is 26.8. The summed E-state index contributed by atoms with van der Waals surface area (Å²) in [4.78, 5) is 40.7. The number of imide groups is 1. The van der Waals surface area contributed by atoms with Gasteiger partial charge >= 0.3 is 5.97 Å². The van der Waals surface area contributed by atoms with Crippen LogP contribution in [0.1, 0.15) is 21.5 Å². The average Bonchev–Trinajstić information content (AvgIpc) is 3.54. The number of hydrogen-bond acceptors (Lipinski definition) is 4. The lowest BCUT2D eigenvalue weighted by molar-refractivity contribution is -0.122. The Kier molecular flexibility index (Phi) is 4.99. The van der Waals surface area contributed by atoms with Gasteiger partial charge < -0.3 is 4.74 Å². The molecular formula is C30H23NO4. The van der Waals surface area contributed by atoms with E-state index >= 15 is 0 Å². The quantitative estimate of drug-likeness (QED) is 0.315. The summed E-state index contributed by atoms with van der Waals surface area (Å²) in [6.07, 6.45) is 4.18. The maximum Gasteiger partial charge on any atom is 0.337 e. The van der Waals surface area contributed by atoms with Gasteiger partial charge in [-0.1, -0.05) is 78.9 Å². The third-order valence-corrected chi connectivity index (χ3v) is 7.35. The number of amides is 2. The summed E-state index contributed by atoms with van der Waals surface area (Å²) in [6.45, 7) is 0. The largest absolute Gasteiger partial charge is 0.465 e. The van der Waals surface area contributed by atoms with Crippen molar-refractivity contribution < 1.29 is 19.1 Å². The van der Waals surface area contributed by atoms with Gasteiger partial charge in [0.2, 0.25) is 11.8 Å². The number of carbonyl (C=O) groups excluding carboxylic acids is 3. The Bertz CT molecular complexity index is 1330. The molecule has 4 unspecified atom stereocenters. The van der Waals surface area contributed by atoms with E-state index in [0.717, 1.165) is 22.3 Å². The first-order valence-electron chi connectivity index (χ1n) is 11.7. The van der Waals surface area contributed by atoms with Gasteiger partial charge in [0.1, 0.15) is 0 Å². The van der Waals surface area contributed by atoms with Gasteiger partial charge in [0, 0.05) is 11.8 Å². The van der Waals surface area contributed by atoms with Gasteiger partial charge in [0.05, 0.1) is 30.2 Å². The van der Waals surface area contributed by atoms with Crippen LogP contribution in [0.5, 0.6) is 0 Å². The molecule has 0 N–H and O–H groups in total. The number of allylic oxidation sites excluding steroid dienone is 3. The van der Waals surface area contributed by atoms with E-state index in [1.807, 2.05) is 36.4 Å². The van der Waals surface area contributed by atoms with Crippen LogP contribution in [0.25, 0.3) is 5.57 Å². The van der Waals surface area contributed by atoms with E-state index in [9.17, 15) is 14.4 Å². The lowest BCUT2D eigenvalue weighted by Crippen LogP contribution is -2.33. The minimum atomic E-state index is -0.506. The van der Waals surface area contributed by atoms with E-state index in [0.29, 0.717) is 11.3 Å². The highest BCUT2D eigenvalue weighted by Gasteiger charge is 2.62. The van der Waals surface area contributed by atoms with Gasteiger partial charge in [-0.15, -0.1) is 0 Å². The molecule has 0 aromatic heterocycles. The van der Waals surface area contributed by atoms with Crippen molar-refractivity contribution in [3.05, 3.63) is 119 Å². The molecule has 5 heteroatoms. The zero-order chi connectivity index (χ0) is 24.1. The molecule has 2 fully saturated rings. The van der Waals surface area contributed by atoms with Gasteiger partial charge in [-0.25, -0.2) is 9.69 Å². The van der Waals surface area contributed by atoms with Crippen molar-refractivity contribution in [1.29, 1.82) is 0 Å². The molecule has 0 radical (unpaired) electrons. The summed E-state index contributed by atoms with van der Waals surface area (Å²) in [7, 11) is 1.31. The number of esters is 1. The van der Waals surface area contributed by atoms with Crippen LogP contribution in [-0.4, -0.2) is 24.9 Å². The molecule has 2 aliphatic carbocycles. The third kappa shape index (κ3) is 3.19. The van der Waals surface area contributed by atoms with Crippen LogP contribution < -0.4 is 4.90 Å². The van der Waals surface area contributed by atoms with E-state index in [1.165, 1.54) is 12.0 Å². The van der Waals surface area contributed by atoms with Gasteiger partial charge in [-0.3, -0.25) is 9.59 Å². The highest BCUT2D eigenvalue weighted by Crippen LogP contribution is 2.58. The number of anilines is 1. The zero-order valence-corrected chi connectivity index (χ0v) is 19.1. The molecule has 1 saturated heterocycles. The smallest absolute Gasteiger partial charge is 0.337 e. The second kappa shape index (κ2) is 8.20. The summed E-state index contributed by atoms with van der Waals surface area (Å²) >= 11 is 0. The molecule has 2 amide bonds. The molecular weight excluding hydrogens is 438 g/mol. The normalized spacial score (nSPS) is 24.1. The Labute approximate surface area is 203 Å². The predicted octanol–water partition coefficient (Wildman–Crippen LogP) is 4.90. The van der Waals surface area contributed by atoms with E-state index in [4.69, 9.17) is 4.74 Å². The Morgan fingerprint density at radius 3 is 1.74 bits per heavy atom. The number of nitrogens with zero attached hydrogens (tertiary/aromatic N) is 1. The Morgan fingerprint density at radius 1 is 0.714 bits per heavy atom. The molecule has 3 aliphatic rings. The second-order valence-corrected chi connectivity index (χ2v) is 9.10. The number of carbonyl (C=O) groups is 3. The molecule has 172 valence electrons. The van der Waals surface area contributed by atoms with Crippen molar-refractivity contribution in [3.63, 3.8) is 0 Å². The van der Waals surface area contributed by atoms with Crippen LogP contribution in [0, 0.1) is 23.7 Å². The van der Waals surface area contributed by atoms with Crippen molar-refractivity contribution in [2.45, 2.75) is 0 Å². The van der Waals surface area contributed by atoms with Crippen molar-refractivity contribution in [1.82, 2.24) is 0 Å². The lowest BCUT2D eigenvalue weighted by Gasteiger charge is -2.22. The monoisotopic (exact) mass is 461 g/mol. The van der Waals surface area contributed by atoms with Gasteiger partial charge in [0.25, 0.3) is 0 Å². The fourth-order valence-corrected chi connectivity index (χ4v) is 5.95. The highest BCUT2D eigenvalue weighted by atomic mass is 16.5. The minimum absolute atomic E-state index is 0.148. The average molecular weight is 462 g/mol. The van der Waals surface area contributed by atoms with Crippen LogP contribution in [0.2, 0.25) is 0 Å². The molecule has 4 atom stereocenters. The first-order chi connectivity index (χ1) is 17.1. The molecule has 2 bridgehead atoms. The molecule has 1 aliphatic heterocycles. The number of rotatable bonds is 4. The summed E-state index contributed by atoms with van der Waals surface area (Å²) in [5.74, 6) is -2.12. The van der Waals surface area contributed by atoms with Crippen molar-refractivity contribution >= 4 is 29.0 Å². The predicted molar refractivity (Wildman–Crippen MR) is 132 cm³/mol. The first kappa shape index (κ1) is 21.3. The molecule has 5 nitrogen and oxygen atoms in total. The van der Waals surface area contributed by atoms with E-state index < -0.39 is 17.8 Å². The number of hydrogen-bond donors (Lipinski definition) is 0. The lowest BCUT2D eigenvalue weighted by atomic mass is 9.85. The summed E-state index contributed by atoms with van der Waals surface area (Å²) in [5.41, 5.74) is 5.11. The summed E-state index contributed by atoms with van der Waals surface area (Å²) < 4.78 is 4.81. The van der Waals surface area contributed by atoms with Crippen LogP contribution in [-0.2, 0) is 14.3 Å². The Morgan fingerprint density at radius 2 is 1.23 bits per heavy atom. The maximum absolute atomic E-state index is 13.7. The minimum Gasteiger partial charge on any atom is -0.465 e.